The van der Waals surface area contributed by atoms with Crippen LogP contribution in [0.1, 0.15) is 39.0 Å². The second-order valence-electron chi connectivity index (χ2n) is 4.17. The number of aliphatic hydroxyl groups excluding tert-OH is 1. The number of unbranched alkanes of at least 4 members (excludes halogenated alkanes) is 2. The Hall–Kier alpha value is -0.0800. The van der Waals surface area contributed by atoms with Crippen molar-refractivity contribution in [2.24, 2.45) is 5.92 Å². The van der Waals surface area contributed by atoms with Crippen molar-refractivity contribution in [2.75, 3.05) is 26.2 Å². The van der Waals surface area contributed by atoms with Crippen LogP contribution in [-0.4, -0.2) is 36.2 Å². The van der Waals surface area contributed by atoms with Crippen LogP contribution in [0.5, 0.6) is 0 Å². The van der Waals surface area contributed by atoms with E-state index >= 15 is 0 Å². The van der Waals surface area contributed by atoms with E-state index in [0.717, 1.165) is 12.3 Å². The number of hydrogen-bond acceptors (Lipinski definition) is 2. The van der Waals surface area contributed by atoms with Gasteiger partial charge in [-0.25, -0.2) is 0 Å². The van der Waals surface area contributed by atoms with Crippen LogP contribution in [0.25, 0.3) is 0 Å². The second kappa shape index (κ2) is 6.39. The van der Waals surface area contributed by atoms with E-state index in [9.17, 15) is 0 Å². The van der Waals surface area contributed by atoms with Crippen LogP contribution >= 0.6 is 0 Å². The minimum Gasteiger partial charge on any atom is -0.396 e. The molecule has 0 aromatic heterocycles. The van der Waals surface area contributed by atoms with E-state index < -0.39 is 0 Å². The van der Waals surface area contributed by atoms with Gasteiger partial charge in [0.1, 0.15) is 0 Å². The van der Waals surface area contributed by atoms with Crippen molar-refractivity contribution in [3.05, 3.63) is 0 Å². The summed E-state index contributed by atoms with van der Waals surface area (Å²) in [6.45, 7) is 6.38. The SMILES string of the molecule is CCCCCN1CCC(CCO)C1. The Labute approximate surface area is 81.9 Å². The molecule has 0 bridgehead atoms. The number of hydrogen-bond donors (Lipinski definition) is 1. The van der Waals surface area contributed by atoms with Gasteiger partial charge in [-0.15, -0.1) is 0 Å². The predicted molar refractivity (Wildman–Crippen MR) is 55.8 cm³/mol. The normalized spacial score (nSPS) is 24.0. The van der Waals surface area contributed by atoms with E-state index in [4.69, 9.17) is 5.11 Å². The molecule has 13 heavy (non-hydrogen) atoms. The molecule has 2 nitrogen and oxygen atoms in total. The molecule has 0 spiro atoms. The van der Waals surface area contributed by atoms with Crippen LogP contribution in [0.2, 0.25) is 0 Å². The lowest BCUT2D eigenvalue weighted by Gasteiger charge is -2.15. The van der Waals surface area contributed by atoms with Crippen molar-refractivity contribution in [2.45, 2.75) is 39.0 Å². The zero-order valence-electron chi connectivity index (χ0n) is 8.84. The molecule has 2 heteroatoms. The van der Waals surface area contributed by atoms with Gasteiger partial charge in [-0.05, 0) is 38.3 Å². The van der Waals surface area contributed by atoms with Gasteiger partial charge in [0, 0.05) is 13.2 Å². The fraction of sp³-hybridized carbons (Fsp3) is 1.00. The molecule has 0 saturated carbocycles. The Kier molecular flexibility index (Phi) is 5.40. The molecule has 78 valence electrons. The Morgan fingerprint density at radius 1 is 1.38 bits per heavy atom. The average Bonchev–Trinajstić information content (AvgIpc) is 2.54. The number of aliphatic hydroxyl groups is 1. The van der Waals surface area contributed by atoms with Crippen molar-refractivity contribution >= 4 is 0 Å². The molecule has 1 aliphatic rings. The first kappa shape index (κ1) is 11.0. The van der Waals surface area contributed by atoms with Gasteiger partial charge in [0.2, 0.25) is 0 Å². The summed E-state index contributed by atoms with van der Waals surface area (Å²) >= 11 is 0. The van der Waals surface area contributed by atoms with Gasteiger partial charge in [0.25, 0.3) is 0 Å². The summed E-state index contributed by atoms with van der Waals surface area (Å²) < 4.78 is 0. The number of rotatable bonds is 6. The molecule has 1 rings (SSSR count). The van der Waals surface area contributed by atoms with Gasteiger partial charge in [0.15, 0.2) is 0 Å². The Morgan fingerprint density at radius 2 is 2.23 bits per heavy atom. The molecular weight excluding hydrogens is 162 g/mol. The van der Waals surface area contributed by atoms with Crippen molar-refractivity contribution < 1.29 is 5.11 Å². The fourth-order valence-corrected chi connectivity index (χ4v) is 2.12. The first-order valence-corrected chi connectivity index (χ1v) is 5.70. The van der Waals surface area contributed by atoms with Gasteiger partial charge in [0.05, 0.1) is 0 Å². The van der Waals surface area contributed by atoms with Crippen LogP contribution in [0, 0.1) is 5.92 Å². The van der Waals surface area contributed by atoms with E-state index in [0.29, 0.717) is 6.61 Å². The summed E-state index contributed by atoms with van der Waals surface area (Å²) in [6.07, 6.45) is 6.33. The standard InChI is InChI=1S/C11H23NO/c1-2-3-4-7-12-8-5-11(10-12)6-9-13/h11,13H,2-10H2,1H3. The summed E-state index contributed by atoms with van der Waals surface area (Å²) in [7, 11) is 0. The van der Waals surface area contributed by atoms with E-state index in [1.807, 2.05) is 0 Å². The highest BCUT2D eigenvalue weighted by atomic mass is 16.3. The highest BCUT2D eigenvalue weighted by molar-refractivity contribution is 4.74. The van der Waals surface area contributed by atoms with Gasteiger partial charge < -0.3 is 10.0 Å². The average molecular weight is 185 g/mol. The largest absolute Gasteiger partial charge is 0.396 e. The quantitative estimate of drug-likeness (QED) is 0.639. The van der Waals surface area contributed by atoms with Gasteiger partial charge in [-0.2, -0.15) is 0 Å². The summed E-state index contributed by atoms with van der Waals surface area (Å²) in [5.74, 6) is 0.770. The molecule has 1 fully saturated rings. The summed E-state index contributed by atoms with van der Waals surface area (Å²) in [6, 6.07) is 0. The van der Waals surface area contributed by atoms with Crippen molar-refractivity contribution in [1.29, 1.82) is 0 Å². The molecule has 1 N–H and O–H groups in total. The third kappa shape index (κ3) is 4.10. The fourth-order valence-electron chi connectivity index (χ4n) is 2.12. The lowest BCUT2D eigenvalue weighted by atomic mass is 10.1. The lowest BCUT2D eigenvalue weighted by Crippen LogP contribution is -2.22. The zero-order chi connectivity index (χ0) is 9.52. The topological polar surface area (TPSA) is 23.5 Å². The third-order valence-corrected chi connectivity index (χ3v) is 2.99. The Bertz CT molecular complexity index is 127. The maximum absolute atomic E-state index is 8.81. The molecule has 1 heterocycles. The highest BCUT2D eigenvalue weighted by Crippen LogP contribution is 2.19. The van der Waals surface area contributed by atoms with Gasteiger partial charge in [-0.1, -0.05) is 19.8 Å². The van der Waals surface area contributed by atoms with Crippen molar-refractivity contribution in [3.63, 3.8) is 0 Å². The summed E-state index contributed by atoms with van der Waals surface area (Å²) in [5.41, 5.74) is 0. The molecular formula is C11H23NO. The smallest absolute Gasteiger partial charge is 0.0434 e. The van der Waals surface area contributed by atoms with Gasteiger partial charge in [-0.3, -0.25) is 0 Å². The molecule has 0 aromatic carbocycles. The minimum absolute atomic E-state index is 0.369. The van der Waals surface area contributed by atoms with E-state index in [-0.39, 0.29) is 0 Å². The van der Waals surface area contributed by atoms with Crippen LogP contribution in [0.15, 0.2) is 0 Å². The maximum Gasteiger partial charge on any atom is 0.0434 e. The van der Waals surface area contributed by atoms with Crippen LogP contribution in [-0.2, 0) is 0 Å². The van der Waals surface area contributed by atoms with Crippen molar-refractivity contribution in [3.8, 4) is 0 Å². The second-order valence-corrected chi connectivity index (χ2v) is 4.17. The first-order valence-electron chi connectivity index (χ1n) is 5.70. The highest BCUT2D eigenvalue weighted by Gasteiger charge is 2.20. The van der Waals surface area contributed by atoms with Crippen LogP contribution < -0.4 is 0 Å². The zero-order valence-corrected chi connectivity index (χ0v) is 8.84. The third-order valence-electron chi connectivity index (χ3n) is 2.99. The molecule has 1 saturated heterocycles. The molecule has 1 aliphatic heterocycles. The van der Waals surface area contributed by atoms with E-state index in [1.54, 1.807) is 0 Å². The maximum atomic E-state index is 8.81. The van der Waals surface area contributed by atoms with E-state index in [1.165, 1.54) is 45.3 Å². The minimum atomic E-state index is 0.369. The monoisotopic (exact) mass is 185 g/mol. The predicted octanol–water partition coefficient (Wildman–Crippen LogP) is 1.88. The van der Waals surface area contributed by atoms with Gasteiger partial charge >= 0.3 is 0 Å². The molecule has 0 aromatic rings. The molecule has 0 aliphatic carbocycles. The molecule has 1 unspecified atom stereocenters. The van der Waals surface area contributed by atoms with Crippen molar-refractivity contribution in [1.82, 2.24) is 4.90 Å². The first-order chi connectivity index (χ1) is 6.36. The Balaban J connectivity index is 2.03. The molecule has 0 amide bonds. The number of nitrogens with zero attached hydrogens (tertiary/aromatic N) is 1. The number of likely N-dealkylation sites (tertiary alicyclic amines) is 1. The van der Waals surface area contributed by atoms with E-state index in [2.05, 4.69) is 11.8 Å². The van der Waals surface area contributed by atoms with Crippen LogP contribution in [0.3, 0.4) is 0 Å². The van der Waals surface area contributed by atoms with Crippen LogP contribution in [0.4, 0.5) is 0 Å². The lowest BCUT2D eigenvalue weighted by molar-refractivity contribution is 0.250. The summed E-state index contributed by atoms with van der Waals surface area (Å²) in [5, 5.41) is 8.81. The molecule has 1 atom stereocenters. The Morgan fingerprint density at radius 3 is 2.92 bits per heavy atom. The summed E-state index contributed by atoms with van der Waals surface area (Å²) in [4.78, 5) is 2.55. The molecule has 0 radical (unpaired) electrons.